The fraction of sp³-hybridized carbons (Fsp3) is 0.500. The molecule has 1 unspecified atom stereocenters. The number of hydrogen-bond donors (Lipinski definition) is 0. The Balaban J connectivity index is 1.85. The molecule has 0 radical (unpaired) electrons. The van der Waals surface area contributed by atoms with Crippen molar-refractivity contribution in [1.82, 2.24) is 0 Å². The highest BCUT2D eigenvalue weighted by molar-refractivity contribution is 5.27. The number of benzene rings is 1. The molecule has 1 aliphatic heterocycles. The lowest BCUT2D eigenvalue weighted by Crippen LogP contribution is -2.11. The van der Waals surface area contributed by atoms with Gasteiger partial charge >= 0.3 is 0 Å². The number of hydrogen-bond acceptors (Lipinski definition) is 2. The van der Waals surface area contributed by atoms with E-state index >= 15 is 0 Å². The van der Waals surface area contributed by atoms with Crippen LogP contribution in [0.5, 0.6) is 5.75 Å². The van der Waals surface area contributed by atoms with Gasteiger partial charge < -0.3 is 9.47 Å². The molecule has 1 aromatic rings. The third-order valence-corrected chi connectivity index (χ3v) is 2.50. The van der Waals surface area contributed by atoms with E-state index in [1.807, 2.05) is 12.1 Å². The number of rotatable bonds is 3. The molecule has 0 saturated carbocycles. The van der Waals surface area contributed by atoms with Crippen molar-refractivity contribution in [3.05, 3.63) is 29.8 Å². The van der Waals surface area contributed by atoms with Crippen LogP contribution in [0.15, 0.2) is 24.3 Å². The predicted molar refractivity (Wildman–Crippen MR) is 55.6 cm³/mol. The van der Waals surface area contributed by atoms with Gasteiger partial charge in [-0.25, -0.2) is 0 Å². The fourth-order valence-corrected chi connectivity index (χ4v) is 1.63. The second kappa shape index (κ2) is 4.47. The molecule has 14 heavy (non-hydrogen) atoms. The van der Waals surface area contributed by atoms with Crippen LogP contribution in [0, 0.1) is 12.8 Å². The highest BCUT2D eigenvalue weighted by atomic mass is 16.5. The molecule has 76 valence electrons. The Labute approximate surface area is 84.8 Å². The summed E-state index contributed by atoms with van der Waals surface area (Å²) >= 11 is 0. The van der Waals surface area contributed by atoms with Crippen LogP contribution in [0.3, 0.4) is 0 Å². The first kappa shape index (κ1) is 9.53. The minimum atomic E-state index is 0.579. The van der Waals surface area contributed by atoms with Crippen LogP contribution in [0.25, 0.3) is 0 Å². The lowest BCUT2D eigenvalue weighted by atomic mass is 10.1. The van der Waals surface area contributed by atoms with E-state index in [9.17, 15) is 0 Å². The van der Waals surface area contributed by atoms with Gasteiger partial charge in [0, 0.05) is 12.5 Å². The summed E-state index contributed by atoms with van der Waals surface area (Å²) < 4.78 is 11.0. The first-order chi connectivity index (χ1) is 6.84. The van der Waals surface area contributed by atoms with E-state index in [2.05, 4.69) is 19.1 Å². The van der Waals surface area contributed by atoms with Gasteiger partial charge in [-0.2, -0.15) is 0 Å². The standard InChI is InChI=1S/C12H16O2/c1-10-3-2-4-12(7-10)14-9-11-5-6-13-8-11/h2-4,7,11H,5-6,8-9H2,1H3. The molecule has 0 amide bonds. The normalized spacial score (nSPS) is 21.1. The van der Waals surface area contributed by atoms with Crippen molar-refractivity contribution in [3.8, 4) is 5.75 Å². The van der Waals surface area contributed by atoms with Gasteiger partial charge in [-0.15, -0.1) is 0 Å². The van der Waals surface area contributed by atoms with E-state index in [1.165, 1.54) is 5.56 Å². The molecule has 1 aliphatic rings. The van der Waals surface area contributed by atoms with Crippen molar-refractivity contribution in [1.29, 1.82) is 0 Å². The van der Waals surface area contributed by atoms with Gasteiger partial charge in [0.05, 0.1) is 13.2 Å². The second-order valence-corrected chi connectivity index (χ2v) is 3.86. The second-order valence-electron chi connectivity index (χ2n) is 3.86. The Bertz CT molecular complexity index is 290. The topological polar surface area (TPSA) is 18.5 Å². The van der Waals surface area contributed by atoms with Gasteiger partial charge in [-0.1, -0.05) is 12.1 Å². The molecule has 0 bridgehead atoms. The lowest BCUT2D eigenvalue weighted by Gasteiger charge is -2.10. The molecule has 2 heteroatoms. The molecule has 2 nitrogen and oxygen atoms in total. The zero-order chi connectivity index (χ0) is 9.80. The Morgan fingerprint density at radius 1 is 1.50 bits per heavy atom. The summed E-state index contributed by atoms with van der Waals surface area (Å²) in [6.45, 7) is 4.60. The van der Waals surface area contributed by atoms with Gasteiger partial charge in [0.2, 0.25) is 0 Å². The van der Waals surface area contributed by atoms with E-state index in [0.717, 1.165) is 32.0 Å². The summed E-state index contributed by atoms with van der Waals surface area (Å²) in [5.74, 6) is 1.55. The maximum atomic E-state index is 5.69. The zero-order valence-electron chi connectivity index (χ0n) is 8.53. The summed E-state index contributed by atoms with van der Waals surface area (Å²) in [6.07, 6.45) is 1.13. The molecular weight excluding hydrogens is 176 g/mol. The fourth-order valence-electron chi connectivity index (χ4n) is 1.63. The Kier molecular flexibility index (Phi) is 3.04. The molecule has 1 aromatic carbocycles. The molecule has 0 spiro atoms. The van der Waals surface area contributed by atoms with Crippen molar-refractivity contribution in [2.75, 3.05) is 19.8 Å². The summed E-state index contributed by atoms with van der Waals surface area (Å²) in [5, 5.41) is 0. The molecule has 1 atom stereocenters. The largest absolute Gasteiger partial charge is 0.493 e. The molecule has 1 fully saturated rings. The minimum Gasteiger partial charge on any atom is -0.493 e. The zero-order valence-corrected chi connectivity index (χ0v) is 8.53. The van der Waals surface area contributed by atoms with Gasteiger partial charge in [0.25, 0.3) is 0 Å². The first-order valence-corrected chi connectivity index (χ1v) is 5.12. The SMILES string of the molecule is Cc1cccc(OCC2CCOC2)c1. The Morgan fingerprint density at radius 2 is 2.43 bits per heavy atom. The Hall–Kier alpha value is -1.02. The quantitative estimate of drug-likeness (QED) is 0.732. The first-order valence-electron chi connectivity index (χ1n) is 5.12. The average molecular weight is 192 g/mol. The van der Waals surface area contributed by atoms with E-state index < -0.39 is 0 Å². The van der Waals surface area contributed by atoms with Crippen LogP contribution < -0.4 is 4.74 Å². The van der Waals surface area contributed by atoms with Crippen LogP contribution in [0.1, 0.15) is 12.0 Å². The third kappa shape index (κ3) is 2.48. The van der Waals surface area contributed by atoms with E-state index in [0.29, 0.717) is 5.92 Å². The monoisotopic (exact) mass is 192 g/mol. The van der Waals surface area contributed by atoms with Gasteiger partial charge in [0.15, 0.2) is 0 Å². The maximum absolute atomic E-state index is 5.69. The van der Waals surface area contributed by atoms with Crippen LogP contribution in [-0.4, -0.2) is 19.8 Å². The Morgan fingerprint density at radius 3 is 3.14 bits per heavy atom. The summed E-state index contributed by atoms with van der Waals surface area (Å²) in [5.41, 5.74) is 1.24. The van der Waals surface area contributed by atoms with E-state index in [1.54, 1.807) is 0 Å². The van der Waals surface area contributed by atoms with Crippen LogP contribution in [-0.2, 0) is 4.74 Å². The van der Waals surface area contributed by atoms with Crippen molar-refractivity contribution in [3.63, 3.8) is 0 Å². The molecule has 1 heterocycles. The van der Waals surface area contributed by atoms with E-state index in [-0.39, 0.29) is 0 Å². The molecule has 0 aromatic heterocycles. The van der Waals surface area contributed by atoms with Crippen molar-refractivity contribution in [2.45, 2.75) is 13.3 Å². The predicted octanol–water partition coefficient (Wildman–Crippen LogP) is 2.41. The molecule has 1 saturated heterocycles. The highest BCUT2D eigenvalue weighted by Gasteiger charge is 2.15. The minimum absolute atomic E-state index is 0.579. The third-order valence-electron chi connectivity index (χ3n) is 2.50. The smallest absolute Gasteiger partial charge is 0.119 e. The van der Waals surface area contributed by atoms with Crippen LogP contribution in [0.4, 0.5) is 0 Å². The number of aryl methyl sites for hydroxylation is 1. The molecule has 0 aliphatic carbocycles. The average Bonchev–Trinajstić information content (AvgIpc) is 2.67. The van der Waals surface area contributed by atoms with Crippen LogP contribution >= 0.6 is 0 Å². The lowest BCUT2D eigenvalue weighted by molar-refractivity contribution is 0.167. The van der Waals surface area contributed by atoms with Gasteiger partial charge in [0.1, 0.15) is 5.75 Å². The number of ether oxygens (including phenoxy) is 2. The highest BCUT2D eigenvalue weighted by Crippen LogP contribution is 2.17. The summed E-state index contributed by atoms with van der Waals surface area (Å²) in [6, 6.07) is 8.17. The van der Waals surface area contributed by atoms with Gasteiger partial charge in [-0.05, 0) is 31.0 Å². The molecule has 2 rings (SSSR count). The van der Waals surface area contributed by atoms with Crippen molar-refractivity contribution >= 4 is 0 Å². The van der Waals surface area contributed by atoms with Crippen LogP contribution in [0.2, 0.25) is 0 Å². The van der Waals surface area contributed by atoms with Crippen molar-refractivity contribution < 1.29 is 9.47 Å². The summed E-state index contributed by atoms with van der Waals surface area (Å²) in [4.78, 5) is 0. The van der Waals surface area contributed by atoms with Crippen molar-refractivity contribution in [2.24, 2.45) is 5.92 Å². The van der Waals surface area contributed by atoms with E-state index in [4.69, 9.17) is 9.47 Å². The summed E-state index contributed by atoms with van der Waals surface area (Å²) in [7, 11) is 0. The maximum Gasteiger partial charge on any atom is 0.119 e. The molecule has 0 N–H and O–H groups in total. The van der Waals surface area contributed by atoms with Gasteiger partial charge in [-0.3, -0.25) is 0 Å². The molecular formula is C12H16O2.